The van der Waals surface area contributed by atoms with Gasteiger partial charge in [0.15, 0.2) is 0 Å². The van der Waals surface area contributed by atoms with Gasteiger partial charge in [-0.15, -0.1) is 0 Å². The second kappa shape index (κ2) is 4.15. The first-order valence-electron chi connectivity index (χ1n) is 3.41. The molecule has 0 unspecified atom stereocenters. The zero-order valence-electron chi connectivity index (χ0n) is 6.24. The van der Waals surface area contributed by atoms with Crippen LogP contribution in [0.15, 0.2) is 22.9 Å². The molecule has 0 bridgehead atoms. The summed E-state index contributed by atoms with van der Waals surface area (Å²) in [6.45, 7) is -0.0384. The Kier molecular flexibility index (Phi) is 3.16. The van der Waals surface area contributed by atoms with E-state index in [0.29, 0.717) is 6.42 Å². The molecule has 1 rings (SSSR count). The lowest BCUT2D eigenvalue weighted by atomic mass is 10.2. The predicted molar refractivity (Wildman–Crippen MR) is 47.5 cm³/mol. The van der Waals surface area contributed by atoms with Gasteiger partial charge in [0, 0.05) is 17.5 Å². The number of nitro groups is 1. The summed E-state index contributed by atoms with van der Waals surface area (Å²) in [5.74, 6) is 0. The van der Waals surface area contributed by atoms with Crippen LogP contribution in [0.3, 0.4) is 0 Å². The van der Waals surface area contributed by atoms with Crippen LogP contribution in [-0.2, 0) is 6.42 Å². The molecule has 0 amide bonds. The Labute approximate surface area is 77.9 Å². The highest BCUT2D eigenvalue weighted by Crippen LogP contribution is 2.06. The zero-order chi connectivity index (χ0) is 8.97. The van der Waals surface area contributed by atoms with E-state index in [1.165, 1.54) is 0 Å². The van der Waals surface area contributed by atoms with E-state index in [2.05, 4.69) is 20.9 Å². The molecule has 0 saturated heterocycles. The van der Waals surface area contributed by atoms with Crippen molar-refractivity contribution < 1.29 is 4.92 Å². The van der Waals surface area contributed by atoms with Crippen molar-refractivity contribution in [2.45, 2.75) is 6.42 Å². The molecule has 0 aliphatic heterocycles. The number of hydrogen-bond donors (Lipinski definition) is 0. The average molecular weight is 231 g/mol. The number of halogens is 1. The lowest BCUT2D eigenvalue weighted by molar-refractivity contribution is -0.479. The van der Waals surface area contributed by atoms with Crippen molar-refractivity contribution in [1.82, 2.24) is 4.98 Å². The van der Waals surface area contributed by atoms with Crippen molar-refractivity contribution in [3.63, 3.8) is 0 Å². The molecule has 0 atom stereocenters. The van der Waals surface area contributed by atoms with Crippen LogP contribution in [-0.4, -0.2) is 16.5 Å². The third kappa shape index (κ3) is 2.96. The third-order valence-corrected chi connectivity index (χ3v) is 1.84. The molecule has 5 heteroatoms. The van der Waals surface area contributed by atoms with Crippen LogP contribution in [0.5, 0.6) is 0 Å². The molecule has 0 radical (unpaired) electrons. The first kappa shape index (κ1) is 9.12. The van der Waals surface area contributed by atoms with Crippen LogP contribution in [0.25, 0.3) is 0 Å². The summed E-state index contributed by atoms with van der Waals surface area (Å²) in [6.07, 6.45) is 2.07. The Morgan fingerprint density at radius 2 is 2.33 bits per heavy atom. The van der Waals surface area contributed by atoms with Gasteiger partial charge in [-0.3, -0.25) is 10.1 Å². The van der Waals surface area contributed by atoms with Gasteiger partial charge in [-0.05, 0) is 27.6 Å². The maximum Gasteiger partial charge on any atom is 0.207 e. The van der Waals surface area contributed by atoms with E-state index in [1.807, 2.05) is 6.07 Å². The second-order valence-corrected chi connectivity index (χ2v) is 3.11. The van der Waals surface area contributed by atoms with Crippen LogP contribution >= 0.6 is 15.9 Å². The Bertz CT molecular complexity index is 273. The maximum absolute atomic E-state index is 10.0. The SMILES string of the molecule is O=[N+]([O-])CCc1ccc(Br)nc1. The molecule has 0 saturated carbocycles. The smallest absolute Gasteiger partial charge is 0.207 e. The molecule has 0 aliphatic rings. The van der Waals surface area contributed by atoms with E-state index in [4.69, 9.17) is 0 Å². The van der Waals surface area contributed by atoms with Crippen LogP contribution in [0, 0.1) is 10.1 Å². The standard InChI is InChI=1S/C7H7BrN2O2/c8-7-2-1-6(5-9-7)3-4-10(11)12/h1-2,5H,3-4H2. The summed E-state index contributed by atoms with van der Waals surface area (Å²) in [7, 11) is 0. The van der Waals surface area contributed by atoms with E-state index < -0.39 is 0 Å². The molecule has 64 valence electrons. The van der Waals surface area contributed by atoms with Crippen molar-refractivity contribution in [3.05, 3.63) is 38.6 Å². The average Bonchev–Trinajstić information content (AvgIpc) is 2.03. The van der Waals surface area contributed by atoms with Gasteiger partial charge in [0.25, 0.3) is 0 Å². The number of nitrogens with zero attached hydrogens (tertiary/aromatic N) is 2. The molecule has 0 aliphatic carbocycles. The van der Waals surface area contributed by atoms with Crippen LogP contribution in [0.4, 0.5) is 0 Å². The van der Waals surface area contributed by atoms with Gasteiger partial charge in [0.05, 0.1) is 0 Å². The number of aromatic nitrogens is 1. The second-order valence-electron chi connectivity index (χ2n) is 2.30. The van der Waals surface area contributed by atoms with Crippen molar-refractivity contribution in [1.29, 1.82) is 0 Å². The molecule has 0 spiro atoms. The minimum Gasteiger partial charge on any atom is -0.265 e. The highest BCUT2D eigenvalue weighted by Gasteiger charge is 1.99. The molecular weight excluding hydrogens is 224 g/mol. The molecule has 1 aromatic heterocycles. The topological polar surface area (TPSA) is 56.0 Å². The minimum atomic E-state index is -0.331. The highest BCUT2D eigenvalue weighted by molar-refractivity contribution is 9.10. The van der Waals surface area contributed by atoms with Gasteiger partial charge in [0.1, 0.15) is 4.60 Å². The van der Waals surface area contributed by atoms with Gasteiger partial charge < -0.3 is 0 Å². The quantitative estimate of drug-likeness (QED) is 0.451. The molecule has 0 N–H and O–H groups in total. The van der Waals surface area contributed by atoms with Crippen molar-refractivity contribution >= 4 is 15.9 Å². The largest absolute Gasteiger partial charge is 0.265 e. The summed E-state index contributed by atoms with van der Waals surface area (Å²) in [5, 5.41) is 10.0. The van der Waals surface area contributed by atoms with E-state index in [-0.39, 0.29) is 11.5 Å². The molecule has 1 heterocycles. The van der Waals surface area contributed by atoms with Crippen LogP contribution in [0.1, 0.15) is 5.56 Å². The molecule has 0 aromatic carbocycles. The number of rotatable bonds is 3. The van der Waals surface area contributed by atoms with Gasteiger partial charge in [-0.1, -0.05) is 6.07 Å². The molecule has 1 aromatic rings. The molecule has 0 fully saturated rings. The zero-order valence-corrected chi connectivity index (χ0v) is 7.82. The van der Waals surface area contributed by atoms with E-state index >= 15 is 0 Å². The fourth-order valence-corrected chi connectivity index (χ4v) is 1.01. The van der Waals surface area contributed by atoms with Crippen molar-refractivity contribution in [2.75, 3.05) is 6.54 Å². The van der Waals surface area contributed by atoms with Gasteiger partial charge in [-0.25, -0.2) is 4.98 Å². The molecule has 4 nitrogen and oxygen atoms in total. The summed E-state index contributed by atoms with van der Waals surface area (Å²) in [5.41, 5.74) is 0.884. The van der Waals surface area contributed by atoms with E-state index in [0.717, 1.165) is 10.2 Å². The maximum atomic E-state index is 10.0. The van der Waals surface area contributed by atoms with Crippen molar-refractivity contribution in [2.24, 2.45) is 0 Å². The van der Waals surface area contributed by atoms with Crippen LogP contribution in [0.2, 0.25) is 0 Å². The minimum absolute atomic E-state index is 0.0384. The number of hydrogen-bond acceptors (Lipinski definition) is 3. The molecule has 12 heavy (non-hydrogen) atoms. The van der Waals surface area contributed by atoms with E-state index in [9.17, 15) is 10.1 Å². The first-order valence-corrected chi connectivity index (χ1v) is 4.20. The summed E-state index contributed by atoms with van der Waals surface area (Å²) >= 11 is 3.18. The highest BCUT2D eigenvalue weighted by atomic mass is 79.9. The monoisotopic (exact) mass is 230 g/mol. The van der Waals surface area contributed by atoms with Gasteiger partial charge in [-0.2, -0.15) is 0 Å². The third-order valence-electron chi connectivity index (χ3n) is 1.37. The summed E-state index contributed by atoms with van der Waals surface area (Å²) in [4.78, 5) is 13.6. The van der Waals surface area contributed by atoms with Gasteiger partial charge >= 0.3 is 0 Å². The normalized spacial score (nSPS) is 9.75. The van der Waals surface area contributed by atoms with Gasteiger partial charge in [0.2, 0.25) is 6.54 Å². The van der Waals surface area contributed by atoms with E-state index in [1.54, 1.807) is 12.3 Å². The predicted octanol–water partition coefficient (Wildman–Crippen LogP) is 1.66. The first-order chi connectivity index (χ1) is 5.68. The Hall–Kier alpha value is -0.970. The van der Waals surface area contributed by atoms with Crippen LogP contribution < -0.4 is 0 Å². The lowest BCUT2D eigenvalue weighted by Gasteiger charge is -1.95. The summed E-state index contributed by atoms with van der Waals surface area (Å²) in [6, 6.07) is 3.59. The fraction of sp³-hybridized carbons (Fsp3) is 0.286. The fourth-order valence-electron chi connectivity index (χ4n) is 0.775. The molecular formula is C7H7BrN2O2. The Balaban J connectivity index is 2.53. The summed E-state index contributed by atoms with van der Waals surface area (Å²) < 4.78 is 0.743. The van der Waals surface area contributed by atoms with Crippen molar-refractivity contribution in [3.8, 4) is 0 Å². The Morgan fingerprint density at radius 1 is 1.58 bits per heavy atom. The number of pyridine rings is 1. The lowest BCUT2D eigenvalue weighted by Crippen LogP contribution is -2.03. The Morgan fingerprint density at radius 3 is 2.83 bits per heavy atom.